The molecule has 24 heavy (non-hydrogen) atoms. The summed E-state index contributed by atoms with van der Waals surface area (Å²) in [5.74, 6) is 0.333. The molecule has 0 atom stereocenters. The maximum Gasteiger partial charge on any atom is 0.410 e. The second-order valence-electron chi connectivity index (χ2n) is 5.70. The molecular formula is C18H20N2O4. The highest BCUT2D eigenvalue weighted by atomic mass is 16.6. The van der Waals surface area contributed by atoms with Crippen LogP contribution in [0.4, 0.5) is 4.79 Å². The number of ether oxygens (including phenoxy) is 1. The fourth-order valence-corrected chi connectivity index (χ4v) is 2.62. The molecule has 1 aliphatic heterocycles. The molecule has 2 aromatic rings. The third kappa shape index (κ3) is 4.23. The summed E-state index contributed by atoms with van der Waals surface area (Å²) in [6.45, 7) is 2.98. The Balaban J connectivity index is 1.41. The van der Waals surface area contributed by atoms with E-state index in [0.29, 0.717) is 38.5 Å². The smallest absolute Gasteiger partial charge is 0.410 e. The fourth-order valence-electron chi connectivity index (χ4n) is 2.62. The van der Waals surface area contributed by atoms with Gasteiger partial charge < -0.3 is 14.1 Å². The van der Waals surface area contributed by atoms with E-state index in [9.17, 15) is 9.59 Å². The van der Waals surface area contributed by atoms with Gasteiger partial charge in [0.2, 0.25) is 5.78 Å². The molecule has 0 spiro atoms. The number of hydrogen-bond acceptors (Lipinski definition) is 5. The number of Topliss-reactive ketones (excluding diaryl/α,β-unsaturated/α-hetero) is 1. The number of carbonyl (C=O) groups excluding carboxylic acids is 2. The van der Waals surface area contributed by atoms with Gasteiger partial charge in [-0.05, 0) is 17.7 Å². The molecule has 126 valence electrons. The van der Waals surface area contributed by atoms with Crippen LogP contribution in [0.5, 0.6) is 0 Å². The Morgan fingerprint density at radius 1 is 1.00 bits per heavy atom. The predicted molar refractivity (Wildman–Crippen MR) is 87.7 cm³/mol. The van der Waals surface area contributed by atoms with Gasteiger partial charge in [0.15, 0.2) is 5.76 Å². The van der Waals surface area contributed by atoms with Crippen molar-refractivity contribution in [2.45, 2.75) is 6.61 Å². The molecule has 0 N–H and O–H groups in total. The monoisotopic (exact) mass is 328 g/mol. The lowest BCUT2D eigenvalue weighted by molar-refractivity contribution is 0.0670. The Bertz CT molecular complexity index is 662. The zero-order valence-corrected chi connectivity index (χ0v) is 13.4. The maximum atomic E-state index is 12.1. The molecule has 0 saturated carbocycles. The molecule has 1 aromatic carbocycles. The second-order valence-corrected chi connectivity index (χ2v) is 5.70. The van der Waals surface area contributed by atoms with E-state index in [0.717, 1.165) is 5.56 Å². The minimum Gasteiger partial charge on any atom is -0.461 e. The van der Waals surface area contributed by atoms with Crippen LogP contribution in [0.15, 0.2) is 53.1 Å². The molecule has 1 aromatic heterocycles. The molecule has 0 unspecified atom stereocenters. The minimum absolute atomic E-state index is 0.0416. The van der Waals surface area contributed by atoms with Crippen molar-refractivity contribution in [3.05, 3.63) is 60.1 Å². The number of furan rings is 1. The molecule has 0 bridgehead atoms. The Morgan fingerprint density at radius 3 is 2.42 bits per heavy atom. The lowest BCUT2D eigenvalue weighted by atomic mass is 10.2. The SMILES string of the molecule is O=C(CN1CCN(C(=O)OCc2ccccc2)CC1)c1ccco1. The van der Waals surface area contributed by atoms with Crippen LogP contribution in [0.2, 0.25) is 0 Å². The molecule has 2 heterocycles. The number of piperazine rings is 1. The van der Waals surface area contributed by atoms with Crippen molar-refractivity contribution in [1.82, 2.24) is 9.80 Å². The van der Waals surface area contributed by atoms with Gasteiger partial charge in [0.25, 0.3) is 0 Å². The van der Waals surface area contributed by atoms with Gasteiger partial charge in [0, 0.05) is 26.2 Å². The van der Waals surface area contributed by atoms with E-state index in [1.807, 2.05) is 35.2 Å². The van der Waals surface area contributed by atoms with Crippen LogP contribution in [0.1, 0.15) is 16.1 Å². The van der Waals surface area contributed by atoms with Crippen LogP contribution >= 0.6 is 0 Å². The summed E-state index contributed by atoms with van der Waals surface area (Å²) >= 11 is 0. The van der Waals surface area contributed by atoms with E-state index in [1.165, 1.54) is 6.26 Å². The first-order valence-corrected chi connectivity index (χ1v) is 7.97. The zero-order valence-electron chi connectivity index (χ0n) is 13.4. The van der Waals surface area contributed by atoms with Gasteiger partial charge in [-0.1, -0.05) is 30.3 Å². The molecule has 1 saturated heterocycles. The van der Waals surface area contributed by atoms with Crippen molar-refractivity contribution in [2.24, 2.45) is 0 Å². The van der Waals surface area contributed by atoms with Gasteiger partial charge in [-0.15, -0.1) is 0 Å². The van der Waals surface area contributed by atoms with Crippen molar-refractivity contribution in [1.29, 1.82) is 0 Å². The molecule has 1 amide bonds. The van der Waals surface area contributed by atoms with Gasteiger partial charge in [-0.2, -0.15) is 0 Å². The van der Waals surface area contributed by atoms with E-state index < -0.39 is 0 Å². The number of carbonyl (C=O) groups is 2. The molecule has 6 nitrogen and oxygen atoms in total. The summed E-state index contributed by atoms with van der Waals surface area (Å²) in [6.07, 6.45) is 1.18. The molecule has 0 radical (unpaired) electrons. The number of nitrogens with zero attached hydrogens (tertiary/aromatic N) is 2. The van der Waals surface area contributed by atoms with Crippen molar-refractivity contribution >= 4 is 11.9 Å². The lowest BCUT2D eigenvalue weighted by Crippen LogP contribution is -2.50. The number of ketones is 1. The van der Waals surface area contributed by atoms with Gasteiger partial charge >= 0.3 is 6.09 Å². The van der Waals surface area contributed by atoms with Crippen molar-refractivity contribution in [2.75, 3.05) is 32.7 Å². The van der Waals surface area contributed by atoms with E-state index in [-0.39, 0.29) is 18.5 Å². The average molecular weight is 328 g/mol. The van der Waals surface area contributed by atoms with Crippen LogP contribution in [-0.2, 0) is 11.3 Å². The van der Waals surface area contributed by atoms with Crippen LogP contribution < -0.4 is 0 Å². The van der Waals surface area contributed by atoms with Crippen LogP contribution in [0.25, 0.3) is 0 Å². The first-order valence-electron chi connectivity index (χ1n) is 7.97. The topological polar surface area (TPSA) is 63.0 Å². The van der Waals surface area contributed by atoms with Crippen LogP contribution in [-0.4, -0.2) is 54.4 Å². The molecule has 0 aliphatic carbocycles. The first kappa shape index (κ1) is 16.3. The number of amides is 1. The zero-order chi connectivity index (χ0) is 16.8. The molecule has 1 fully saturated rings. The highest BCUT2D eigenvalue weighted by Crippen LogP contribution is 2.09. The van der Waals surface area contributed by atoms with E-state index in [4.69, 9.17) is 9.15 Å². The molecular weight excluding hydrogens is 308 g/mol. The minimum atomic E-state index is -0.309. The Kier molecular flexibility index (Phi) is 5.28. The summed E-state index contributed by atoms with van der Waals surface area (Å²) in [4.78, 5) is 27.8. The van der Waals surface area contributed by atoms with Gasteiger partial charge in [-0.25, -0.2) is 4.79 Å². The summed E-state index contributed by atoms with van der Waals surface area (Å²) in [7, 11) is 0. The number of hydrogen-bond donors (Lipinski definition) is 0. The Morgan fingerprint density at radius 2 is 1.75 bits per heavy atom. The highest BCUT2D eigenvalue weighted by molar-refractivity contribution is 5.95. The molecule has 3 rings (SSSR count). The summed E-state index contributed by atoms with van der Waals surface area (Å²) in [5.41, 5.74) is 0.966. The average Bonchev–Trinajstić information content (AvgIpc) is 3.16. The first-order chi connectivity index (χ1) is 11.7. The molecule has 6 heteroatoms. The van der Waals surface area contributed by atoms with Crippen molar-refractivity contribution in [3.8, 4) is 0 Å². The number of benzene rings is 1. The van der Waals surface area contributed by atoms with E-state index in [1.54, 1.807) is 17.0 Å². The van der Waals surface area contributed by atoms with E-state index in [2.05, 4.69) is 0 Å². The molecule has 1 aliphatic rings. The quantitative estimate of drug-likeness (QED) is 0.789. The maximum absolute atomic E-state index is 12.1. The third-order valence-electron chi connectivity index (χ3n) is 4.00. The largest absolute Gasteiger partial charge is 0.461 e. The van der Waals surface area contributed by atoms with E-state index >= 15 is 0 Å². The standard InChI is InChI=1S/C18H20N2O4/c21-16(17-7-4-12-23-17)13-19-8-10-20(11-9-19)18(22)24-14-15-5-2-1-3-6-15/h1-7,12H,8-11,13-14H2. The van der Waals surface area contributed by atoms with Gasteiger partial charge in [0.05, 0.1) is 12.8 Å². The van der Waals surface area contributed by atoms with Gasteiger partial charge in [-0.3, -0.25) is 9.69 Å². The van der Waals surface area contributed by atoms with Crippen molar-refractivity contribution < 1.29 is 18.7 Å². The van der Waals surface area contributed by atoms with Gasteiger partial charge in [0.1, 0.15) is 6.61 Å². The predicted octanol–water partition coefficient (Wildman–Crippen LogP) is 2.42. The second kappa shape index (κ2) is 7.79. The van der Waals surface area contributed by atoms with Crippen molar-refractivity contribution in [3.63, 3.8) is 0 Å². The van der Waals surface area contributed by atoms with Crippen LogP contribution in [0.3, 0.4) is 0 Å². The fraction of sp³-hybridized carbons (Fsp3) is 0.333. The Hall–Kier alpha value is -2.60. The Labute approximate surface area is 140 Å². The number of rotatable bonds is 5. The summed E-state index contributed by atoms with van der Waals surface area (Å²) in [6, 6.07) is 13.0. The normalized spacial score (nSPS) is 15.2. The lowest BCUT2D eigenvalue weighted by Gasteiger charge is -2.33. The summed E-state index contributed by atoms with van der Waals surface area (Å²) in [5, 5.41) is 0. The van der Waals surface area contributed by atoms with Crippen LogP contribution in [0, 0.1) is 0 Å². The summed E-state index contributed by atoms with van der Waals surface area (Å²) < 4.78 is 10.4. The highest BCUT2D eigenvalue weighted by Gasteiger charge is 2.24. The third-order valence-corrected chi connectivity index (χ3v) is 4.00.